The minimum atomic E-state index is 0.0236. The van der Waals surface area contributed by atoms with Crippen LogP contribution in [0.2, 0.25) is 0 Å². The summed E-state index contributed by atoms with van der Waals surface area (Å²) in [5, 5.41) is 13.9. The maximum atomic E-state index is 4.84. The Kier molecular flexibility index (Phi) is 6.37. The topological polar surface area (TPSA) is 83.3 Å². The van der Waals surface area contributed by atoms with Crippen molar-refractivity contribution in [1.82, 2.24) is 30.1 Å². The van der Waals surface area contributed by atoms with Crippen LogP contribution in [0.15, 0.2) is 41.9 Å². The summed E-state index contributed by atoms with van der Waals surface area (Å²) >= 11 is 1.78. The zero-order valence-electron chi connectivity index (χ0n) is 19.5. The molecule has 1 aliphatic carbocycles. The van der Waals surface area contributed by atoms with Gasteiger partial charge in [-0.2, -0.15) is 10.2 Å². The summed E-state index contributed by atoms with van der Waals surface area (Å²) in [5.74, 6) is 1.46. The van der Waals surface area contributed by atoms with E-state index in [0.29, 0.717) is 5.92 Å². The van der Waals surface area contributed by atoms with E-state index in [-0.39, 0.29) is 5.50 Å². The van der Waals surface area contributed by atoms with Crippen molar-refractivity contribution in [3.8, 4) is 11.1 Å². The van der Waals surface area contributed by atoms with Crippen molar-refractivity contribution >= 4 is 33.7 Å². The predicted octanol–water partition coefficient (Wildman–Crippen LogP) is 4.51. The first-order valence-corrected chi connectivity index (χ1v) is 13.5. The number of aryl methyl sites for hydroxylation is 1. The highest BCUT2D eigenvalue weighted by molar-refractivity contribution is 8.14. The van der Waals surface area contributed by atoms with Crippen LogP contribution in [0.25, 0.3) is 22.2 Å². The third-order valence-electron chi connectivity index (χ3n) is 7.08. The van der Waals surface area contributed by atoms with E-state index < -0.39 is 0 Å². The number of nitrogens with zero attached hydrogens (tertiary/aromatic N) is 6. The Morgan fingerprint density at radius 2 is 1.88 bits per heavy atom. The monoisotopic (exact) mass is 476 g/mol. The fourth-order valence-corrected chi connectivity index (χ4v) is 6.25. The molecule has 9 heteroatoms. The number of aromatic nitrogens is 4. The normalized spacial score (nSPS) is 21.3. The van der Waals surface area contributed by atoms with Gasteiger partial charge in [-0.1, -0.05) is 24.6 Å². The summed E-state index contributed by atoms with van der Waals surface area (Å²) < 4.78 is 2.05. The summed E-state index contributed by atoms with van der Waals surface area (Å²) in [4.78, 5) is 12.0. The molecule has 34 heavy (non-hydrogen) atoms. The van der Waals surface area contributed by atoms with Crippen LogP contribution in [0.4, 0.5) is 5.82 Å². The number of anilines is 1. The average molecular weight is 477 g/mol. The third kappa shape index (κ3) is 4.90. The van der Waals surface area contributed by atoms with Gasteiger partial charge in [0.15, 0.2) is 5.50 Å². The Bertz CT molecular complexity index is 1160. The Morgan fingerprint density at radius 1 is 1.00 bits per heavy atom. The molecule has 5 heterocycles. The molecular weight excluding hydrogens is 444 g/mol. The number of hydrazone groups is 1. The van der Waals surface area contributed by atoms with Gasteiger partial charge in [-0.05, 0) is 69.9 Å². The molecule has 178 valence electrons. The number of thioether (sulfide) groups is 1. The number of rotatable bonds is 8. The molecule has 2 aliphatic heterocycles. The van der Waals surface area contributed by atoms with Gasteiger partial charge < -0.3 is 10.2 Å². The maximum Gasteiger partial charge on any atom is 0.167 e. The molecule has 3 aliphatic rings. The Labute approximate surface area is 204 Å². The van der Waals surface area contributed by atoms with E-state index in [1.54, 1.807) is 11.8 Å². The van der Waals surface area contributed by atoms with Crippen LogP contribution in [0, 0.1) is 5.92 Å². The second-order valence-corrected chi connectivity index (χ2v) is 10.7. The van der Waals surface area contributed by atoms with Gasteiger partial charge in [0.05, 0.1) is 17.2 Å². The van der Waals surface area contributed by atoms with Gasteiger partial charge in [-0.15, -0.1) is 0 Å². The van der Waals surface area contributed by atoms with E-state index in [1.165, 1.54) is 56.7 Å². The van der Waals surface area contributed by atoms with Crippen molar-refractivity contribution in [3.63, 3.8) is 0 Å². The van der Waals surface area contributed by atoms with Crippen LogP contribution < -0.4 is 10.7 Å². The Hall–Kier alpha value is -2.65. The number of hydrogen-bond donors (Lipinski definition) is 2. The molecule has 6 rings (SSSR count). The Balaban J connectivity index is 1.10. The molecule has 8 nitrogen and oxygen atoms in total. The van der Waals surface area contributed by atoms with E-state index in [2.05, 4.69) is 43.1 Å². The first kappa shape index (κ1) is 21.9. The molecule has 0 amide bonds. The predicted molar refractivity (Wildman–Crippen MR) is 139 cm³/mol. The van der Waals surface area contributed by atoms with Gasteiger partial charge in [-0.3, -0.25) is 15.1 Å². The number of hydrogen-bond acceptors (Lipinski definition) is 8. The first-order valence-electron chi connectivity index (χ1n) is 12.6. The lowest BCUT2D eigenvalue weighted by molar-refractivity contribution is 0.322. The zero-order chi connectivity index (χ0) is 22.7. The van der Waals surface area contributed by atoms with Crippen LogP contribution in [-0.2, 0) is 6.54 Å². The van der Waals surface area contributed by atoms with Crippen molar-refractivity contribution in [2.24, 2.45) is 11.0 Å². The smallest absolute Gasteiger partial charge is 0.167 e. The lowest BCUT2D eigenvalue weighted by atomic mass is 10.1. The fourth-order valence-electron chi connectivity index (χ4n) is 5.19. The van der Waals surface area contributed by atoms with Gasteiger partial charge in [0, 0.05) is 36.0 Å². The third-order valence-corrected chi connectivity index (χ3v) is 8.20. The average Bonchev–Trinajstić information content (AvgIpc) is 3.67. The largest absolute Gasteiger partial charge is 0.340 e. The Morgan fingerprint density at radius 3 is 2.76 bits per heavy atom. The van der Waals surface area contributed by atoms with Crippen LogP contribution in [0.3, 0.4) is 0 Å². The molecule has 0 radical (unpaired) electrons. The minimum absolute atomic E-state index is 0.0236. The molecule has 3 aromatic heterocycles. The molecule has 2 fully saturated rings. The van der Waals surface area contributed by atoms with Crippen molar-refractivity contribution < 1.29 is 0 Å². The molecule has 3 aromatic rings. The summed E-state index contributed by atoms with van der Waals surface area (Å²) in [6.45, 7) is 4.61. The van der Waals surface area contributed by atoms with E-state index in [1.807, 2.05) is 29.2 Å². The minimum Gasteiger partial charge on any atom is -0.340 e. The summed E-state index contributed by atoms with van der Waals surface area (Å²) in [6.07, 6.45) is 15.0. The van der Waals surface area contributed by atoms with Gasteiger partial charge >= 0.3 is 0 Å². The van der Waals surface area contributed by atoms with Crippen molar-refractivity contribution in [2.45, 2.75) is 57.0 Å². The highest BCUT2D eigenvalue weighted by Gasteiger charge is 2.28. The van der Waals surface area contributed by atoms with E-state index in [0.717, 1.165) is 47.5 Å². The van der Waals surface area contributed by atoms with Crippen molar-refractivity contribution in [3.05, 3.63) is 36.8 Å². The van der Waals surface area contributed by atoms with Crippen LogP contribution >= 0.6 is 11.8 Å². The quantitative estimate of drug-likeness (QED) is 0.495. The lowest BCUT2D eigenvalue weighted by Crippen LogP contribution is -2.26. The highest BCUT2D eigenvalue weighted by Crippen LogP contribution is 2.34. The second kappa shape index (κ2) is 9.92. The van der Waals surface area contributed by atoms with Gasteiger partial charge in [0.1, 0.15) is 10.9 Å². The molecule has 2 N–H and O–H groups in total. The number of fused-ring (bicyclic) bond motifs is 1. The molecule has 1 atom stereocenters. The molecular formula is C25H32N8S. The molecule has 1 unspecified atom stereocenters. The molecule has 0 spiro atoms. The molecule has 0 bridgehead atoms. The zero-order valence-corrected chi connectivity index (χ0v) is 20.3. The SMILES string of the molecule is c1nc2ccc(NC3NN=C(C4CCCC4)S3)nc2cc1-c1cnn(CCCN2CCCC2)c1. The molecule has 1 saturated carbocycles. The second-order valence-electron chi connectivity index (χ2n) is 9.56. The lowest BCUT2D eigenvalue weighted by Gasteiger charge is -2.14. The number of pyridine rings is 2. The molecule has 0 aromatic carbocycles. The van der Waals surface area contributed by atoms with Crippen LogP contribution in [0.5, 0.6) is 0 Å². The van der Waals surface area contributed by atoms with E-state index >= 15 is 0 Å². The van der Waals surface area contributed by atoms with Crippen LogP contribution in [0.1, 0.15) is 44.9 Å². The highest BCUT2D eigenvalue weighted by atomic mass is 32.2. The van der Waals surface area contributed by atoms with Crippen molar-refractivity contribution in [2.75, 3.05) is 25.0 Å². The van der Waals surface area contributed by atoms with Gasteiger partial charge in [0.2, 0.25) is 0 Å². The standard InChI is InChI=1S/C25H32N8S/c1-2-7-18(6-1)24-30-31-25(34-24)29-23-9-8-21-22(28-23)14-19(15-26-21)20-16-27-33(17-20)13-5-12-32-10-3-4-11-32/h8-9,14-18,25,31H,1-7,10-13H2,(H,28,29). The summed E-state index contributed by atoms with van der Waals surface area (Å²) in [6, 6.07) is 6.12. The first-order chi connectivity index (χ1) is 16.8. The number of likely N-dealkylation sites (tertiary alicyclic amines) is 1. The van der Waals surface area contributed by atoms with Crippen molar-refractivity contribution in [1.29, 1.82) is 0 Å². The van der Waals surface area contributed by atoms with E-state index in [4.69, 9.17) is 4.98 Å². The molecule has 1 saturated heterocycles. The summed E-state index contributed by atoms with van der Waals surface area (Å²) in [5.41, 5.74) is 7.14. The van der Waals surface area contributed by atoms with Gasteiger partial charge in [0.25, 0.3) is 0 Å². The van der Waals surface area contributed by atoms with Gasteiger partial charge in [-0.25, -0.2) is 4.98 Å². The number of nitrogens with one attached hydrogen (secondary N) is 2. The van der Waals surface area contributed by atoms with Crippen LogP contribution in [-0.4, -0.2) is 54.8 Å². The fraction of sp³-hybridized carbons (Fsp3) is 0.520. The maximum absolute atomic E-state index is 4.84. The summed E-state index contributed by atoms with van der Waals surface area (Å²) in [7, 11) is 0. The van der Waals surface area contributed by atoms with E-state index in [9.17, 15) is 0 Å².